The standard InChI is InChI=1S/C12H18N4O5S/c13-10(7-4-8-16-12(14)15)11(17)20-21-22(18,19)9-5-2-1-3-6-9/h1-3,5-6,10H,4,7-8,13H2,(H4,14,15,16). The lowest BCUT2D eigenvalue weighted by Gasteiger charge is -2.09. The lowest BCUT2D eigenvalue weighted by atomic mass is 10.2. The smallest absolute Gasteiger partial charge is 0.360 e. The minimum absolute atomic E-state index is 0.0616. The Labute approximate surface area is 128 Å². The number of rotatable bonds is 8. The third-order valence-electron chi connectivity index (χ3n) is 2.51. The van der Waals surface area contributed by atoms with E-state index in [2.05, 4.69) is 14.2 Å². The van der Waals surface area contributed by atoms with Crippen LogP contribution in [0.25, 0.3) is 0 Å². The molecule has 1 unspecified atom stereocenters. The van der Waals surface area contributed by atoms with Gasteiger partial charge in [0.2, 0.25) is 0 Å². The predicted molar refractivity (Wildman–Crippen MR) is 78.7 cm³/mol. The zero-order valence-corrected chi connectivity index (χ0v) is 12.5. The molecule has 0 aliphatic carbocycles. The van der Waals surface area contributed by atoms with E-state index in [0.717, 1.165) is 0 Å². The van der Waals surface area contributed by atoms with Gasteiger partial charge in [-0.2, -0.15) is 8.42 Å². The van der Waals surface area contributed by atoms with E-state index in [1.54, 1.807) is 6.07 Å². The summed E-state index contributed by atoms with van der Waals surface area (Å²) in [6.07, 6.45) is 0.643. The number of nitrogens with zero attached hydrogens (tertiary/aromatic N) is 1. The Bertz CT molecular complexity index is 614. The minimum Gasteiger partial charge on any atom is -0.370 e. The summed E-state index contributed by atoms with van der Waals surface area (Å²) in [4.78, 5) is 19.4. The molecule has 10 heteroatoms. The lowest BCUT2D eigenvalue weighted by Crippen LogP contribution is -2.33. The maximum absolute atomic E-state index is 11.7. The van der Waals surface area contributed by atoms with Gasteiger partial charge in [0.15, 0.2) is 5.96 Å². The van der Waals surface area contributed by atoms with Crippen LogP contribution in [0.5, 0.6) is 0 Å². The predicted octanol–water partition coefficient (Wildman–Crippen LogP) is -0.769. The lowest BCUT2D eigenvalue weighted by molar-refractivity contribution is -0.213. The number of hydrogen-bond donors (Lipinski definition) is 3. The molecule has 1 rings (SSSR count). The Morgan fingerprint density at radius 3 is 2.45 bits per heavy atom. The summed E-state index contributed by atoms with van der Waals surface area (Å²) in [6.45, 7) is 0.298. The fraction of sp³-hybridized carbons (Fsp3) is 0.333. The number of nitrogens with two attached hydrogens (primary N) is 3. The average molecular weight is 330 g/mol. The van der Waals surface area contributed by atoms with E-state index in [0.29, 0.717) is 13.0 Å². The van der Waals surface area contributed by atoms with Gasteiger partial charge in [-0.1, -0.05) is 18.2 Å². The number of aliphatic imine (C=N–C) groups is 1. The van der Waals surface area contributed by atoms with Gasteiger partial charge < -0.3 is 17.2 Å². The summed E-state index contributed by atoms with van der Waals surface area (Å²) >= 11 is 0. The summed E-state index contributed by atoms with van der Waals surface area (Å²) in [7, 11) is -4.18. The van der Waals surface area contributed by atoms with Crippen molar-refractivity contribution < 1.29 is 22.4 Å². The van der Waals surface area contributed by atoms with Crippen molar-refractivity contribution >= 4 is 22.0 Å². The second kappa shape index (κ2) is 8.32. The Morgan fingerprint density at radius 2 is 1.86 bits per heavy atom. The van der Waals surface area contributed by atoms with Crippen molar-refractivity contribution in [3.63, 3.8) is 0 Å². The summed E-state index contributed by atoms with van der Waals surface area (Å²) in [5, 5.41) is 0. The number of carbonyl (C=O) groups excluding carboxylic acids is 1. The first-order chi connectivity index (χ1) is 10.3. The maximum Gasteiger partial charge on any atom is 0.360 e. The van der Waals surface area contributed by atoms with Crippen molar-refractivity contribution in [3.8, 4) is 0 Å². The van der Waals surface area contributed by atoms with Crippen molar-refractivity contribution in [2.45, 2.75) is 23.8 Å². The van der Waals surface area contributed by atoms with E-state index in [4.69, 9.17) is 17.2 Å². The average Bonchev–Trinajstić information content (AvgIpc) is 2.49. The van der Waals surface area contributed by atoms with Gasteiger partial charge in [0.05, 0.1) is 4.90 Å². The molecule has 9 nitrogen and oxygen atoms in total. The van der Waals surface area contributed by atoms with Crippen LogP contribution < -0.4 is 17.2 Å². The van der Waals surface area contributed by atoms with E-state index in [-0.39, 0.29) is 17.3 Å². The van der Waals surface area contributed by atoms with Gasteiger partial charge in [0.1, 0.15) is 6.04 Å². The molecule has 0 saturated heterocycles. The minimum atomic E-state index is -4.18. The second-order valence-corrected chi connectivity index (χ2v) is 5.81. The quantitative estimate of drug-likeness (QED) is 0.184. The highest BCUT2D eigenvalue weighted by Gasteiger charge is 2.22. The van der Waals surface area contributed by atoms with E-state index in [1.165, 1.54) is 24.3 Å². The number of hydrogen-bond acceptors (Lipinski definition) is 7. The molecule has 0 spiro atoms. The molecule has 0 heterocycles. The summed E-state index contributed by atoms with van der Waals surface area (Å²) < 4.78 is 27.6. The molecule has 122 valence electrons. The molecule has 1 atom stereocenters. The SMILES string of the molecule is NC(N)=NCCCC(N)C(=O)OOS(=O)(=O)c1ccccc1. The Kier molecular flexibility index (Phi) is 6.76. The van der Waals surface area contributed by atoms with Crippen LogP contribution in [-0.2, 0) is 24.1 Å². The molecule has 1 aromatic carbocycles. The van der Waals surface area contributed by atoms with Crippen LogP contribution in [0.1, 0.15) is 12.8 Å². The Balaban J connectivity index is 2.43. The van der Waals surface area contributed by atoms with Crippen molar-refractivity contribution in [2.24, 2.45) is 22.2 Å². The number of benzene rings is 1. The van der Waals surface area contributed by atoms with Gasteiger partial charge in [0, 0.05) is 6.54 Å². The summed E-state index contributed by atoms with van der Waals surface area (Å²) in [5.74, 6) is -1.06. The molecule has 0 saturated carbocycles. The fourth-order valence-electron chi connectivity index (χ4n) is 1.40. The first-order valence-electron chi connectivity index (χ1n) is 6.34. The third-order valence-corrected chi connectivity index (χ3v) is 3.60. The van der Waals surface area contributed by atoms with E-state index in [9.17, 15) is 13.2 Å². The molecular weight excluding hydrogens is 312 g/mol. The summed E-state index contributed by atoms with van der Waals surface area (Å²) in [5.41, 5.74) is 15.8. The van der Waals surface area contributed by atoms with Gasteiger partial charge in [-0.25, -0.2) is 4.79 Å². The van der Waals surface area contributed by atoms with Crippen molar-refractivity contribution in [1.29, 1.82) is 0 Å². The van der Waals surface area contributed by atoms with Gasteiger partial charge in [-0.3, -0.25) is 9.88 Å². The highest BCUT2D eigenvalue weighted by Crippen LogP contribution is 2.12. The molecule has 0 bridgehead atoms. The third kappa shape index (κ3) is 6.08. The van der Waals surface area contributed by atoms with E-state index < -0.39 is 22.1 Å². The first kappa shape index (κ1) is 17.9. The monoisotopic (exact) mass is 330 g/mol. The molecule has 6 N–H and O–H groups in total. The molecule has 0 aliphatic rings. The summed E-state index contributed by atoms with van der Waals surface area (Å²) in [6, 6.07) is 6.22. The van der Waals surface area contributed by atoms with E-state index >= 15 is 0 Å². The largest absolute Gasteiger partial charge is 0.370 e. The van der Waals surface area contributed by atoms with Crippen LogP contribution in [0.2, 0.25) is 0 Å². The van der Waals surface area contributed by atoms with Crippen LogP contribution in [0.15, 0.2) is 40.2 Å². The zero-order chi connectivity index (χ0) is 16.6. The van der Waals surface area contributed by atoms with Gasteiger partial charge >= 0.3 is 16.1 Å². The Morgan fingerprint density at radius 1 is 1.23 bits per heavy atom. The molecule has 0 radical (unpaired) electrons. The topological polar surface area (TPSA) is 160 Å². The van der Waals surface area contributed by atoms with Crippen LogP contribution in [0.4, 0.5) is 0 Å². The number of carbonyl (C=O) groups is 1. The molecule has 22 heavy (non-hydrogen) atoms. The zero-order valence-electron chi connectivity index (χ0n) is 11.7. The second-order valence-electron chi connectivity index (χ2n) is 4.29. The van der Waals surface area contributed by atoms with Crippen molar-refractivity contribution in [1.82, 2.24) is 0 Å². The van der Waals surface area contributed by atoms with Gasteiger partial charge in [-0.15, -0.1) is 0 Å². The first-order valence-corrected chi connectivity index (χ1v) is 7.75. The normalized spacial score (nSPS) is 12.4. The molecule has 1 aromatic rings. The fourth-order valence-corrected chi connectivity index (χ4v) is 2.13. The van der Waals surface area contributed by atoms with Crippen LogP contribution >= 0.6 is 0 Å². The van der Waals surface area contributed by atoms with E-state index in [1.807, 2.05) is 0 Å². The maximum atomic E-state index is 11.7. The molecule has 0 amide bonds. The molecule has 0 fully saturated rings. The number of guanidine groups is 1. The Hall–Kier alpha value is -2.17. The van der Waals surface area contributed by atoms with Crippen molar-refractivity contribution in [3.05, 3.63) is 30.3 Å². The molecular formula is C12H18N4O5S. The molecule has 0 aromatic heterocycles. The van der Waals surface area contributed by atoms with Gasteiger partial charge in [-0.05, 0) is 29.3 Å². The van der Waals surface area contributed by atoms with Crippen LogP contribution in [-0.4, -0.2) is 32.9 Å². The van der Waals surface area contributed by atoms with Crippen LogP contribution in [0.3, 0.4) is 0 Å². The van der Waals surface area contributed by atoms with Crippen LogP contribution in [0, 0.1) is 0 Å². The highest BCUT2D eigenvalue weighted by molar-refractivity contribution is 7.86. The highest BCUT2D eigenvalue weighted by atomic mass is 32.2. The van der Waals surface area contributed by atoms with Crippen molar-refractivity contribution in [2.75, 3.05) is 6.54 Å². The van der Waals surface area contributed by atoms with Gasteiger partial charge in [0.25, 0.3) is 0 Å². The molecule has 0 aliphatic heterocycles.